The van der Waals surface area contributed by atoms with Crippen molar-refractivity contribution < 1.29 is 9.32 Å². The number of para-hydroxylation sites is 1. The highest BCUT2D eigenvalue weighted by atomic mass is 16.5. The van der Waals surface area contributed by atoms with Gasteiger partial charge in [0.1, 0.15) is 0 Å². The van der Waals surface area contributed by atoms with Crippen molar-refractivity contribution in [1.82, 2.24) is 24.9 Å². The Morgan fingerprint density at radius 1 is 1.03 bits per heavy atom. The summed E-state index contributed by atoms with van der Waals surface area (Å²) < 4.78 is 5.44. The number of benzene rings is 2. The number of piperazine rings is 1. The Kier molecular flexibility index (Phi) is 6.72. The number of hydrogen-bond acceptors (Lipinski definition) is 5. The molecule has 1 aliphatic heterocycles. The average molecular weight is 458 g/mol. The number of rotatable bonds is 8. The molecule has 2 aromatic heterocycles. The van der Waals surface area contributed by atoms with E-state index in [1.807, 2.05) is 35.4 Å². The second kappa shape index (κ2) is 10.2. The molecule has 5 rings (SSSR count). The molecule has 0 atom stereocenters. The number of nitrogens with one attached hydrogen (secondary N) is 1. The van der Waals surface area contributed by atoms with Crippen LogP contribution in [0.1, 0.15) is 29.9 Å². The van der Waals surface area contributed by atoms with Gasteiger partial charge in [-0.2, -0.15) is 4.98 Å². The van der Waals surface area contributed by atoms with Crippen molar-refractivity contribution in [3.05, 3.63) is 71.7 Å². The van der Waals surface area contributed by atoms with Crippen molar-refractivity contribution in [2.24, 2.45) is 0 Å². The minimum absolute atomic E-state index is 0.249. The predicted molar refractivity (Wildman–Crippen MR) is 132 cm³/mol. The van der Waals surface area contributed by atoms with E-state index in [-0.39, 0.29) is 5.91 Å². The molecule has 1 saturated heterocycles. The van der Waals surface area contributed by atoms with E-state index in [2.05, 4.69) is 51.2 Å². The van der Waals surface area contributed by atoms with Crippen LogP contribution in [0.2, 0.25) is 0 Å². The van der Waals surface area contributed by atoms with E-state index in [4.69, 9.17) is 4.52 Å². The van der Waals surface area contributed by atoms with Crippen molar-refractivity contribution >= 4 is 16.8 Å². The van der Waals surface area contributed by atoms with Crippen LogP contribution < -0.4 is 0 Å². The first kappa shape index (κ1) is 22.3. The molecule has 1 fully saturated rings. The summed E-state index contributed by atoms with van der Waals surface area (Å²) in [6.07, 6.45) is 5.09. The normalized spacial score (nSPS) is 14.7. The number of aromatic amines is 1. The van der Waals surface area contributed by atoms with E-state index in [1.54, 1.807) is 0 Å². The lowest BCUT2D eigenvalue weighted by Crippen LogP contribution is -2.48. The smallest absolute Gasteiger partial charge is 0.227 e. The molecular formula is C27H31N5O2. The molecular weight excluding hydrogens is 426 g/mol. The van der Waals surface area contributed by atoms with Gasteiger partial charge in [-0.25, -0.2) is 0 Å². The van der Waals surface area contributed by atoms with Gasteiger partial charge in [-0.05, 0) is 37.9 Å². The molecule has 2 aromatic carbocycles. The fourth-order valence-corrected chi connectivity index (χ4v) is 4.59. The van der Waals surface area contributed by atoms with Gasteiger partial charge in [-0.3, -0.25) is 9.69 Å². The standard InChI is InChI=1S/C27H31N5O2/c1-20-8-10-21(11-9-20)27-29-25(34-30-27)7-4-14-31-15-17-32(18-16-31)26(33)13-12-22-19-28-24-6-3-2-5-23(22)24/h2-3,5-6,8-11,19,28H,4,7,12-18H2,1H3. The van der Waals surface area contributed by atoms with Crippen molar-refractivity contribution in [2.75, 3.05) is 32.7 Å². The zero-order valence-corrected chi connectivity index (χ0v) is 19.7. The SMILES string of the molecule is Cc1ccc(-c2noc(CCCN3CCN(C(=O)CCc4c[nH]c5ccccc45)CC3)n2)cc1. The third-order valence-electron chi connectivity index (χ3n) is 6.65. The number of hydrogen-bond donors (Lipinski definition) is 1. The average Bonchev–Trinajstić information content (AvgIpc) is 3.51. The number of fused-ring (bicyclic) bond motifs is 1. The zero-order valence-electron chi connectivity index (χ0n) is 19.7. The molecule has 7 nitrogen and oxygen atoms in total. The molecule has 176 valence electrons. The quantitative estimate of drug-likeness (QED) is 0.428. The monoisotopic (exact) mass is 457 g/mol. The van der Waals surface area contributed by atoms with Crippen LogP contribution in [-0.2, 0) is 17.6 Å². The van der Waals surface area contributed by atoms with E-state index in [0.29, 0.717) is 18.1 Å². The van der Waals surface area contributed by atoms with Crippen LogP contribution in [0, 0.1) is 6.92 Å². The zero-order chi connectivity index (χ0) is 23.3. The number of carbonyl (C=O) groups excluding carboxylic acids is 1. The third kappa shape index (κ3) is 5.20. The molecule has 1 N–H and O–H groups in total. The van der Waals surface area contributed by atoms with E-state index < -0.39 is 0 Å². The first-order valence-corrected chi connectivity index (χ1v) is 12.1. The van der Waals surface area contributed by atoms with Gasteiger partial charge in [-0.1, -0.05) is 53.2 Å². The lowest BCUT2D eigenvalue weighted by Gasteiger charge is -2.34. The van der Waals surface area contributed by atoms with E-state index in [0.717, 1.165) is 63.1 Å². The number of carbonyl (C=O) groups is 1. The van der Waals surface area contributed by atoms with Crippen molar-refractivity contribution in [3.8, 4) is 11.4 Å². The van der Waals surface area contributed by atoms with E-state index in [1.165, 1.54) is 16.5 Å². The molecule has 0 aliphatic carbocycles. The summed E-state index contributed by atoms with van der Waals surface area (Å²) in [5.74, 6) is 1.58. The minimum atomic E-state index is 0.249. The van der Waals surface area contributed by atoms with Crippen molar-refractivity contribution in [1.29, 1.82) is 0 Å². The van der Waals surface area contributed by atoms with Crippen LogP contribution in [0.5, 0.6) is 0 Å². The molecule has 1 aliphatic rings. The molecule has 0 radical (unpaired) electrons. The summed E-state index contributed by atoms with van der Waals surface area (Å²) in [6, 6.07) is 16.4. The molecule has 0 spiro atoms. The van der Waals surface area contributed by atoms with Crippen LogP contribution in [0.15, 0.2) is 59.3 Å². The van der Waals surface area contributed by atoms with Crippen LogP contribution >= 0.6 is 0 Å². The Labute approximate surface area is 199 Å². The van der Waals surface area contributed by atoms with Gasteiger partial charge in [-0.15, -0.1) is 0 Å². The number of aryl methyl sites for hydroxylation is 3. The molecule has 0 unspecified atom stereocenters. The third-order valence-corrected chi connectivity index (χ3v) is 6.65. The summed E-state index contributed by atoms with van der Waals surface area (Å²) in [4.78, 5) is 25.0. The highest BCUT2D eigenvalue weighted by Crippen LogP contribution is 2.20. The molecule has 7 heteroatoms. The number of amides is 1. The summed E-state index contributed by atoms with van der Waals surface area (Å²) in [5, 5.41) is 5.33. The highest BCUT2D eigenvalue weighted by molar-refractivity contribution is 5.84. The topological polar surface area (TPSA) is 78.3 Å². The van der Waals surface area contributed by atoms with Gasteiger partial charge in [0.05, 0.1) is 0 Å². The Hall–Kier alpha value is -3.45. The Balaban J connectivity index is 1.03. The maximum atomic E-state index is 12.7. The lowest BCUT2D eigenvalue weighted by atomic mass is 10.1. The summed E-state index contributed by atoms with van der Waals surface area (Å²) in [6.45, 7) is 6.45. The summed E-state index contributed by atoms with van der Waals surface area (Å²) >= 11 is 0. The first-order valence-electron chi connectivity index (χ1n) is 12.1. The number of H-pyrrole nitrogens is 1. The second-order valence-corrected chi connectivity index (χ2v) is 9.06. The van der Waals surface area contributed by atoms with Crippen LogP contribution in [0.3, 0.4) is 0 Å². The maximum Gasteiger partial charge on any atom is 0.227 e. The van der Waals surface area contributed by atoms with E-state index >= 15 is 0 Å². The van der Waals surface area contributed by atoms with Gasteiger partial charge >= 0.3 is 0 Å². The molecule has 0 bridgehead atoms. The molecule has 1 amide bonds. The van der Waals surface area contributed by atoms with Crippen LogP contribution in [0.25, 0.3) is 22.3 Å². The Morgan fingerprint density at radius 3 is 2.65 bits per heavy atom. The van der Waals surface area contributed by atoms with Crippen molar-refractivity contribution in [3.63, 3.8) is 0 Å². The predicted octanol–water partition coefficient (Wildman–Crippen LogP) is 4.24. The number of aromatic nitrogens is 3. The molecule has 34 heavy (non-hydrogen) atoms. The first-order chi connectivity index (χ1) is 16.7. The van der Waals surface area contributed by atoms with E-state index in [9.17, 15) is 4.79 Å². The van der Waals surface area contributed by atoms with Gasteiger partial charge in [0.25, 0.3) is 0 Å². The van der Waals surface area contributed by atoms with Crippen LogP contribution in [0.4, 0.5) is 0 Å². The Bertz CT molecular complexity index is 1240. The van der Waals surface area contributed by atoms with Gasteiger partial charge < -0.3 is 14.4 Å². The Morgan fingerprint density at radius 2 is 1.82 bits per heavy atom. The maximum absolute atomic E-state index is 12.7. The van der Waals surface area contributed by atoms with Gasteiger partial charge in [0.2, 0.25) is 17.6 Å². The summed E-state index contributed by atoms with van der Waals surface area (Å²) in [7, 11) is 0. The van der Waals surface area contributed by atoms with Crippen molar-refractivity contribution in [2.45, 2.75) is 32.6 Å². The number of nitrogens with zero attached hydrogens (tertiary/aromatic N) is 4. The summed E-state index contributed by atoms with van der Waals surface area (Å²) in [5.41, 5.74) is 4.54. The highest BCUT2D eigenvalue weighted by Gasteiger charge is 2.21. The minimum Gasteiger partial charge on any atom is -0.361 e. The molecule has 3 heterocycles. The van der Waals surface area contributed by atoms with Gasteiger partial charge in [0, 0.05) is 61.7 Å². The van der Waals surface area contributed by atoms with Gasteiger partial charge in [0.15, 0.2) is 0 Å². The lowest BCUT2D eigenvalue weighted by molar-refractivity contribution is -0.132. The second-order valence-electron chi connectivity index (χ2n) is 9.06. The fraction of sp³-hybridized carbons (Fsp3) is 0.370. The molecule has 0 saturated carbocycles. The molecule has 4 aromatic rings. The largest absolute Gasteiger partial charge is 0.361 e. The fourth-order valence-electron chi connectivity index (χ4n) is 4.59. The van der Waals surface area contributed by atoms with Crippen LogP contribution in [-0.4, -0.2) is 63.6 Å².